The third kappa shape index (κ3) is 3.84. The van der Waals surface area contributed by atoms with E-state index in [-0.39, 0.29) is 40.9 Å². The Morgan fingerprint density at radius 3 is 2.27 bits per heavy atom. The highest BCUT2D eigenvalue weighted by Crippen LogP contribution is 2.38. The van der Waals surface area contributed by atoms with E-state index in [0.717, 1.165) is 0 Å². The molecule has 0 bridgehead atoms. The van der Waals surface area contributed by atoms with Crippen molar-refractivity contribution >= 4 is 51.1 Å². The molecule has 0 amide bonds. The average Bonchev–Trinajstić information content (AvgIpc) is 2.64. The molecule has 8 nitrogen and oxygen atoms in total. The van der Waals surface area contributed by atoms with Crippen molar-refractivity contribution in [3.63, 3.8) is 0 Å². The highest BCUT2D eigenvalue weighted by molar-refractivity contribution is 9.10. The van der Waals surface area contributed by atoms with Crippen molar-refractivity contribution in [2.75, 3.05) is 39.6 Å². The van der Waals surface area contributed by atoms with E-state index in [4.69, 9.17) is 30.5 Å². The van der Waals surface area contributed by atoms with Gasteiger partial charge in [-0.05, 0) is 28.1 Å². The van der Waals surface area contributed by atoms with Crippen LogP contribution in [0.1, 0.15) is 10.4 Å². The van der Waals surface area contributed by atoms with Crippen LogP contribution in [0.15, 0.2) is 27.9 Å². The molecule has 1 aliphatic heterocycles. The zero-order chi connectivity index (χ0) is 19.4. The Balaban J connectivity index is 2.75. The molecule has 1 aliphatic rings. The number of carbonyl (C=O) groups is 3. The molecule has 2 rings (SSSR count). The molecular weight excluding hydrogens is 434 g/mol. The van der Waals surface area contributed by atoms with Crippen LogP contribution in [-0.4, -0.2) is 52.6 Å². The summed E-state index contributed by atoms with van der Waals surface area (Å²) in [5, 5.41) is 0.274. The summed E-state index contributed by atoms with van der Waals surface area (Å²) in [5.41, 5.74) is 0.174. The van der Waals surface area contributed by atoms with Crippen LogP contribution < -0.4 is 4.90 Å². The summed E-state index contributed by atoms with van der Waals surface area (Å²) in [6.45, 7) is -0.262. The molecule has 0 saturated carbocycles. The van der Waals surface area contributed by atoms with Gasteiger partial charge >= 0.3 is 17.9 Å². The molecule has 1 aromatic rings. The second-order valence-electron chi connectivity index (χ2n) is 4.99. The number of benzene rings is 1. The first-order valence-corrected chi connectivity index (χ1v) is 8.35. The summed E-state index contributed by atoms with van der Waals surface area (Å²) in [6.07, 6.45) is 0. The number of hydrogen-bond donors (Lipinski definition) is 0. The minimum Gasteiger partial charge on any atom is -0.466 e. The molecule has 0 aromatic heterocycles. The summed E-state index contributed by atoms with van der Waals surface area (Å²) in [5.74, 6) is -2.22. The lowest BCUT2D eigenvalue weighted by Gasteiger charge is -2.33. The van der Waals surface area contributed by atoms with Gasteiger partial charge in [0.2, 0.25) is 0 Å². The lowest BCUT2D eigenvalue weighted by Crippen LogP contribution is -2.39. The highest BCUT2D eigenvalue weighted by Gasteiger charge is 2.35. The van der Waals surface area contributed by atoms with Crippen LogP contribution in [0.2, 0.25) is 5.02 Å². The monoisotopic (exact) mass is 447 g/mol. The standard InChI is InChI=1S/C16H15BrClNO7/c1-23-14(20)9-4-8(18)5-11(17)12(9)19-7-26-6-10(15(21)24-2)13(19)16(22)25-3/h4-5H,6-7H2,1-3H3. The largest absolute Gasteiger partial charge is 0.466 e. The zero-order valence-corrected chi connectivity index (χ0v) is 16.5. The van der Waals surface area contributed by atoms with E-state index in [1.165, 1.54) is 38.4 Å². The fourth-order valence-electron chi connectivity index (χ4n) is 2.43. The van der Waals surface area contributed by atoms with Gasteiger partial charge in [0.15, 0.2) is 0 Å². The number of carbonyl (C=O) groups excluding carboxylic acids is 3. The van der Waals surface area contributed by atoms with Crippen LogP contribution in [0.5, 0.6) is 0 Å². The number of rotatable bonds is 4. The summed E-state index contributed by atoms with van der Waals surface area (Å²) in [4.78, 5) is 38.0. The maximum Gasteiger partial charge on any atom is 0.355 e. The fraction of sp³-hybridized carbons (Fsp3) is 0.312. The van der Waals surface area contributed by atoms with Gasteiger partial charge in [-0.25, -0.2) is 14.4 Å². The normalized spacial score (nSPS) is 14.1. The van der Waals surface area contributed by atoms with Gasteiger partial charge < -0.3 is 23.8 Å². The van der Waals surface area contributed by atoms with E-state index >= 15 is 0 Å². The number of ether oxygens (including phenoxy) is 4. The maximum atomic E-state index is 12.4. The van der Waals surface area contributed by atoms with Gasteiger partial charge in [-0.3, -0.25) is 0 Å². The Morgan fingerprint density at radius 1 is 1.08 bits per heavy atom. The van der Waals surface area contributed by atoms with E-state index in [0.29, 0.717) is 4.47 Å². The summed E-state index contributed by atoms with van der Waals surface area (Å²) < 4.78 is 20.1. The smallest absolute Gasteiger partial charge is 0.355 e. The van der Waals surface area contributed by atoms with Gasteiger partial charge in [-0.15, -0.1) is 0 Å². The van der Waals surface area contributed by atoms with Crippen LogP contribution in [0.3, 0.4) is 0 Å². The van der Waals surface area contributed by atoms with Crippen molar-refractivity contribution in [1.29, 1.82) is 0 Å². The number of anilines is 1. The first-order chi connectivity index (χ1) is 12.3. The van der Waals surface area contributed by atoms with Crippen LogP contribution in [0, 0.1) is 0 Å². The predicted molar refractivity (Wildman–Crippen MR) is 94.8 cm³/mol. The highest BCUT2D eigenvalue weighted by atomic mass is 79.9. The second-order valence-corrected chi connectivity index (χ2v) is 6.28. The van der Waals surface area contributed by atoms with Gasteiger partial charge in [0, 0.05) is 9.50 Å². The van der Waals surface area contributed by atoms with Gasteiger partial charge in [0.25, 0.3) is 0 Å². The van der Waals surface area contributed by atoms with Crippen molar-refractivity contribution < 1.29 is 33.3 Å². The van der Waals surface area contributed by atoms with E-state index in [1.54, 1.807) is 0 Å². The number of methoxy groups -OCH3 is 3. The molecule has 0 spiro atoms. The Kier molecular flexibility index (Phi) is 6.63. The predicted octanol–water partition coefficient (Wildman–Crippen LogP) is 2.28. The van der Waals surface area contributed by atoms with Crippen molar-refractivity contribution in [3.05, 3.63) is 38.5 Å². The molecule has 1 heterocycles. The zero-order valence-electron chi connectivity index (χ0n) is 14.1. The summed E-state index contributed by atoms with van der Waals surface area (Å²) >= 11 is 9.35. The second kappa shape index (κ2) is 8.52. The van der Waals surface area contributed by atoms with Gasteiger partial charge in [0.1, 0.15) is 12.4 Å². The van der Waals surface area contributed by atoms with Gasteiger partial charge in [-0.1, -0.05) is 11.6 Å². The van der Waals surface area contributed by atoms with E-state index < -0.39 is 17.9 Å². The van der Waals surface area contributed by atoms with Crippen LogP contribution in [0.4, 0.5) is 5.69 Å². The van der Waals surface area contributed by atoms with E-state index in [2.05, 4.69) is 15.9 Å². The minimum atomic E-state index is -0.786. The third-order valence-electron chi connectivity index (χ3n) is 3.54. The van der Waals surface area contributed by atoms with Crippen molar-refractivity contribution in [2.24, 2.45) is 0 Å². The molecule has 1 aromatic carbocycles. The van der Waals surface area contributed by atoms with Crippen molar-refractivity contribution in [1.82, 2.24) is 0 Å². The first kappa shape index (κ1) is 20.2. The molecule has 0 aliphatic carbocycles. The lowest BCUT2D eigenvalue weighted by molar-refractivity contribution is -0.140. The number of halogens is 2. The van der Waals surface area contributed by atoms with E-state index in [9.17, 15) is 14.4 Å². The van der Waals surface area contributed by atoms with Crippen molar-refractivity contribution in [2.45, 2.75) is 0 Å². The maximum absolute atomic E-state index is 12.4. The molecule has 10 heteroatoms. The van der Waals surface area contributed by atoms with Gasteiger partial charge in [-0.2, -0.15) is 0 Å². The van der Waals surface area contributed by atoms with Crippen LogP contribution in [0.25, 0.3) is 0 Å². The Hall–Kier alpha value is -2.10. The topological polar surface area (TPSA) is 91.4 Å². The molecule has 0 fully saturated rings. The molecule has 0 saturated heterocycles. The summed E-state index contributed by atoms with van der Waals surface area (Å²) in [6, 6.07) is 2.92. The van der Waals surface area contributed by atoms with E-state index in [1.807, 2.05) is 0 Å². The molecule has 0 N–H and O–H groups in total. The molecule has 0 radical (unpaired) electrons. The SMILES string of the molecule is COC(=O)C1=C(C(=O)OC)N(c2c(Br)cc(Cl)cc2C(=O)OC)COC1. The van der Waals surface area contributed by atoms with Crippen LogP contribution in [-0.2, 0) is 28.5 Å². The third-order valence-corrected chi connectivity index (χ3v) is 4.36. The van der Waals surface area contributed by atoms with Crippen molar-refractivity contribution in [3.8, 4) is 0 Å². The molecular formula is C16H15BrClNO7. The number of esters is 3. The molecule has 26 heavy (non-hydrogen) atoms. The minimum absolute atomic E-state index is 0.0386. The lowest BCUT2D eigenvalue weighted by atomic mass is 10.1. The Labute approximate surface area is 162 Å². The quantitative estimate of drug-likeness (QED) is 0.512. The first-order valence-electron chi connectivity index (χ1n) is 7.18. The number of nitrogens with zero attached hydrogens (tertiary/aromatic N) is 1. The van der Waals surface area contributed by atoms with Crippen LogP contribution >= 0.6 is 27.5 Å². The average molecular weight is 449 g/mol. The molecule has 140 valence electrons. The molecule has 0 unspecified atom stereocenters. The Morgan fingerprint density at radius 2 is 1.69 bits per heavy atom. The molecule has 0 atom stereocenters. The summed E-state index contributed by atoms with van der Waals surface area (Å²) in [7, 11) is 3.57. The Bertz CT molecular complexity index is 793. The van der Waals surface area contributed by atoms with Gasteiger partial charge in [0.05, 0.1) is 44.8 Å². The fourth-order valence-corrected chi connectivity index (χ4v) is 3.45. The number of hydrogen-bond acceptors (Lipinski definition) is 8.